The number of halogens is 1. The molecule has 5 atom stereocenters. The number of aliphatic hydroxyl groups excluding tert-OH is 4. The van der Waals surface area contributed by atoms with Crippen molar-refractivity contribution in [2.24, 2.45) is 0 Å². The molecule has 9 heteroatoms. The zero-order chi connectivity index (χ0) is 14.9. The van der Waals surface area contributed by atoms with E-state index in [1.165, 1.54) is 6.07 Å². The number of amides is 1. The van der Waals surface area contributed by atoms with E-state index in [0.29, 0.717) is 3.77 Å². The van der Waals surface area contributed by atoms with Gasteiger partial charge in [0.15, 0.2) is 15.8 Å². The highest BCUT2D eigenvalue weighted by atomic mass is 127. The average molecular weight is 399 g/mol. The Morgan fingerprint density at radius 2 is 2.00 bits per heavy atom. The van der Waals surface area contributed by atoms with E-state index in [1.807, 2.05) is 22.6 Å². The second-order valence-electron chi connectivity index (χ2n) is 4.33. The van der Waals surface area contributed by atoms with Gasteiger partial charge in [0.25, 0.3) is 5.91 Å². The van der Waals surface area contributed by atoms with E-state index >= 15 is 0 Å². The number of nitrogens with one attached hydrogen (secondary N) is 1. The molecule has 0 spiro atoms. The van der Waals surface area contributed by atoms with Crippen molar-refractivity contribution >= 4 is 28.5 Å². The molecule has 0 aliphatic carbocycles. The van der Waals surface area contributed by atoms with Crippen molar-refractivity contribution in [3.8, 4) is 0 Å². The zero-order valence-corrected chi connectivity index (χ0v) is 12.3. The maximum absolute atomic E-state index is 11.9. The molecule has 1 aromatic rings. The Bertz CT molecular complexity index is 479. The van der Waals surface area contributed by atoms with Crippen LogP contribution in [0.3, 0.4) is 0 Å². The van der Waals surface area contributed by atoms with Gasteiger partial charge in [0.2, 0.25) is 0 Å². The van der Waals surface area contributed by atoms with Crippen LogP contribution in [0.2, 0.25) is 0 Å². The summed E-state index contributed by atoms with van der Waals surface area (Å²) in [5.41, 5.74) is 0. The summed E-state index contributed by atoms with van der Waals surface area (Å²) in [5, 5.41) is 40.5. The van der Waals surface area contributed by atoms with Crippen LogP contribution in [0, 0.1) is 3.77 Å². The maximum Gasteiger partial charge on any atom is 0.287 e. The summed E-state index contributed by atoms with van der Waals surface area (Å²) < 4.78 is 10.5. The van der Waals surface area contributed by atoms with Gasteiger partial charge >= 0.3 is 0 Å². The first kappa shape index (κ1) is 15.7. The molecule has 0 saturated carbocycles. The number of rotatable bonds is 3. The molecule has 5 N–H and O–H groups in total. The molecule has 0 radical (unpaired) electrons. The Morgan fingerprint density at radius 3 is 2.55 bits per heavy atom. The summed E-state index contributed by atoms with van der Waals surface area (Å²) >= 11 is 1.89. The van der Waals surface area contributed by atoms with Gasteiger partial charge in [0, 0.05) is 0 Å². The molecule has 1 unspecified atom stereocenters. The molecule has 112 valence electrons. The summed E-state index contributed by atoms with van der Waals surface area (Å²) in [5.74, 6) is -0.651. The van der Waals surface area contributed by atoms with Gasteiger partial charge < -0.3 is 34.9 Å². The number of aliphatic hydroxyl groups is 4. The zero-order valence-electron chi connectivity index (χ0n) is 10.1. The van der Waals surface area contributed by atoms with Crippen LogP contribution < -0.4 is 5.32 Å². The van der Waals surface area contributed by atoms with Crippen molar-refractivity contribution in [1.82, 2.24) is 5.32 Å². The first-order chi connectivity index (χ1) is 9.43. The summed E-state index contributed by atoms with van der Waals surface area (Å²) in [4.78, 5) is 11.9. The van der Waals surface area contributed by atoms with E-state index in [0.717, 1.165) is 0 Å². The van der Waals surface area contributed by atoms with Crippen molar-refractivity contribution in [2.75, 3.05) is 6.61 Å². The third kappa shape index (κ3) is 3.13. The number of hydrogen-bond donors (Lipinski definition) is 5. The first-order valence-electron chi connectivity index (χ1n) is 5.80. The lowest BCUT2D eigenvalue weighted by molar-refractivity contribution is -0.252. The van der Waals surface area contributed by atoms with Crippen molar-refractivity contribution < 1.29 is 34.4 Å². The Labute approximate surface area is 127 Å². The third-order valence-corrected chi connectivity index (χ3v) is 3.57. The molecule has 1 amide bonds. The second kappa shape index (κ2) is 6.37. The van der Waals surface area contributed by atoms with Gasteiger partial charge in [-0.05, 0) is 34.7 Å². The predicted octanol–water partition coefficient (Wildman–Crippen LogP) is -1.59. The van der Waals surface area contributed by atoms with E-state index in [4.69, 9.17) is 14.3 Å². The van der Waals surface area contributed by atoms with Crippen LogP contribution in [0.15, 0.2) is 16.5 Å². The highest BCUT2D eigenvalue weighted by Gasteiger charge is 2.44. The number of carbonyl (C=O) groups excluding carboxylic acids is 1. The van der Waals surface area contributed by atoms with E-state index in [-0.39, 0.29) is 5.76 Å². The molecule has 8 nitrogen and oxygen atoms in total. The Morgan fingerprint density at radius 1 is 1.30 bits per heavy atom. The minimum absolute atomic E-state index is 0.00701. The molecule has 1 fully saturated rings. The van der Waals surface area contributed by atoms with Gasteiger partial charge in [-0.3, -0.25) is 4.79 Å². The summed E-state index contributed by atoms with van der Waals surface area (Å²) in [6.45, 7) is -0.563. The van der Waals surface area contributed by atoms with Crippen LogP contribution in [0.1, 0.15) is 10.6 Å². The molecule has 1 aromatic heterocycles. The fourth-order valence-electron chi connectivity index (χ4n) is 1.91. The fraction of sp³-hybridized carbons (Fsp3) is 0.545. The Hall–Kier alpha value is -0.720. The molecule has 1 aliphatic rings. The van der Waals surface area contributed by atoms with Crippen LogP contribution in [0.25, 0.3) is 0 Å². The molecular weight excluding hydrogens is 385 g/mol. The fourth-order valence-corrected chi connectivity index (χ4v) is 2.33. The molecule has 0 aromatic carbocycles. The van der Waals surface area contributed by atoms with Crippen molar-refractivity contribution in [3.05, 3.63) is 21.7 Å². The lowest BCUT2D eigenvalue weighted by atomic mass is 9.97. The first-order valence-corrected chi connectivity index (χ1v) is 6.88. The lowest BCUT2D eigenvalue weighted by Gasteiger charge is -2.40. The van der Waals surface area contributed by atoms with E-state index in [1.54, 1.807) is 6.07 Å². The molecule has 2 heterocycles. The standard InChI is InChI=1S/C11H14INO7/c12-6-2-1-4(19-6)10(17)13-7-9(16)8(15)5(3-14)20-11(7)18/h1-2,5,7-9,11,14-16,18H,3H2,(H,13,17)/t5-,7+,8-,9-,11?/m1/s1. The molecule has 1 saturated heterocycles. The molecule has 1 aliphatic heterocycles. The number of carbonyl (C=O) groups is 1. The Balaban J connectivity index is 2.06. The summed E-state index contributed by atoms with van der Waals surface area (Å²) in [6, 6.07) is 1.78. The number of hydrogen-bond acceptors (Lipinski definition) is 7. The SMILES string of the molecule is O=C(N[C@@H]1C(O)O[C@H](CO)[C@@H](O)[C@@H]1O)c1ccc(I)o1. The van der Waals surface area contributed by atoms with Crippen molar-refractivity contribution in [3.63, 3.8) is 0 Å². The third-order valence-electron chi connectivity index (χ3n) is 2.99. The second-order valence-corrected chi connectivity index (χ2v) is 5.40. The van der Waals surface area contributed by atoms with Gasteiger partial charge in [-0.2, -0.15) is 0 Å². The van der Waals surface area contributed by atoms with E-state index in [2.05, 4.69) is 5.32 Å². The molecule has 0 bridgehead atoms. The smallest absolute Gasteiger partial charge is 0.287 e. The van der Waals surface area contributed by atoms with Gasteiger partial charge in [-0.1, -0.05) is 0 Å². The molecular formula is C11H14INO7. The minimum atomic E-state index is -1.55. The monoisotopic (exact) mass is 399 g/mol. The number of ether oxygens (including phenoxy) is 1. The van der Waals surface area contributed by atoms with E-state index < -0.39 is 43.2 Å². The topological polar surface area (TPSA) is 132 Å². The Kier molecular flexibility index (Phi) is 4.99. The minimum Gasteiger partial charge on any atom is -0.445 e. The van der Waals surface area contributed by atoms with Crippen LogP contribution in [0.5, 0.6) is 0 Å². The summed E-state index contributed by atoms with van der Waals surface area (Å²) in [6.07, 6.45) is -5.57. The predicted molar refractivity (Wildman–Crippen MR) is 72.7 cm³/mol. The normalized spacial score (nSPS) is 34.0. The van der Waals surface area contributed by atoms with Gasteiger partial charge in [-0.25, -0.2) is 0 Å². The van der Waals surface area contributed by atoms with Crippen LogP contribution in [-0.2, 0) is 4.74 Å². The number of furan rings is 1. The quantitative estimate of drug-likeness (QED) is 0.388. The van der Waals surface area contributed by atoms with Crippen LogP contribution in [0.4, 0.5) is 0 Å². The highest BCUT2D eigenvalue weighted by molar-refractivity contribution is 14.1. The highest BCUT2D eigenvalue weighted by Crippen LogP contribution is 2.20. The maximum atomic E-state index is 11.9. The van der Waals surface area contributed by atoms with Crippen molar-refractivity contribution in [1.29, 1.82) is 0 Å². The van der Waals surface area contributed by atoms with E-state index in [9.17, 15) is 20.1 Å². The molecule has 2 rings (SSSR count). The van der Waals surface area contributed by atoms with Gasteiger partial charge in [-0.15, -0.1) is 0 Å². The van der Waals surface area contributed by atoms with Crippen LogP contribution in [-0.4, -0.2) is 63.6 Å². The van der Waals surface area contributed by atoms with Crippen molar-refractivity contribution in [2.45, 2.75) is 30.6 Å². The van der Waals surface area contributed by atoms with Crippen LogP contribution >= 0.6 is 22.6 Å². The summed E-state index contributed by atoms with van der Waals surface area (Å²) in [7, 11) is 0. The lowest BCUT2D eigenvalue weighted by Crippen LogP contribution is -2.64. The molecule has 20 heavy (non-hydrogen) atoms. The van der Waals surface area contributed by atoms with Gasteiger partial charge in [0.05, 0.1) is 6.61 Å². The average Bonchev–Trinajstić information content (AvgIpc) is 2.85. The largest absolute Gasteiger partial charge is 0.445 e. The van der Waals surface area contributed by atoms with Gasteiger partial charge in [0.1, 0.15) is 24.4 Å².